The molecule has 1 unspecified atom stereocenters. The molecule has 0 saturated heterocycles. The second-order valence-electron chi connectivity index (χ2n) is 4.39. The van der Waals surface area contributed by atoms with E-state index in [1.165, 1.54) is 0 Å². The molecule has 0 fully saturated rings. The summed E-state index contributed by atoms with van der Waals surface area (Å²) in [5, 5.41) is 9.53. The van der Waals surface area contributed by atoms with Crippen LogP contribution in [0.15, 0.2) is 24.3 Å². The lowest BCUT2D eigenvalue weighted by molar-refractivity contribution is 0.186. The third-order valence-corrected chi connectivity index (χ3v) is 2.18. The Morgan fingerprint density at radius 3 is 2.67 bits per heavy atom. The monoisotopic (exact) mass is 211 g/mol. The maximum atomic E-state index is 13.4. The minimum absolute atomic E-state index is 0.183. The summed E-state index contributed by atoms with van der Waals surface area (Å²) < 4.78 is 13.4. The predicted octanol–water partition coefficient (Wildman–Crippen LogP) is 1.97. The van der Waals surface area contributed by atoms with Gasteiger partial charge in [0, 0.05) is 13.0 Å². The third kappa shape index (κ3) is 3.98. The summed E-state index contributed by atoms with van der Waals surface area (Å²) in [6.07, 6.45) is -0.314. The molecule has 0 aliphatic heterocycles. The van der Waals surface area contributed by atoms with Crippen LogP contribution in [0.1, 0.15) is 31.1 Å². The van der Waals surface area contributed by atoms with Crippen molar-refractivity contribution in [1.82, 2.24) is 0 Å². The largest absolute Gasteiger partial charge is 0.387 e. The maximum Gasteiger partial charge on any atom is 0.109 e. The molecule has 0 aliphatic carbocycles. The molecule has 0 spiro atoms. The molecule has 1 rings (SSSR count). The van der Waals surface area contributed by atoms with E-state index in [1.807, 2.05) is 12.1 Å². The van der Waals surface area contributed by atoms with E-state index in [9.17, 15) is 9.50 Å². The van der Waals surface area contributed by atoms with Crippen LogP contribution in [0.5, 0.6) is 0 Å². The van der Waals surface area contributed by atoms with Gasteiger partial charge in [-0.05, 0) is 25.0 Å². The van der Waals surface area contributed by atoms with E-state index in [0.717, 1.165) is 11.1 Å². The van der Waals surface area contributed by atoms with Crippen LogP contribution in [0.3, 0.4) is 0 Å². The highest BCUT2D eigenvalue weighted by Gasteiger charge is 2.16. The zero-order chi connectivity index (χ0) is 11.5. The normalized spacial score (nSPS) is 13.9. The van der Waals surface area contributed by atoms with Crippen molar-refractivity contribution in [3.05, 3.63) is 35.4 Å². The molecule has 3 N–H and O–H groups in total. The Hall–Kier alpha value is -0.930. The van der Waals surface area contributed by atoms with Crippen LogP contribution >= 0.6 is 0 Å². The third-order valence-electron chi connectivity index (χ3n) is 2.18. The van der Waals surface area contributed by atoms with E-state index in [0.29, 0.717) is 6.42 Å². The van der Waals surface area contributed by atoms with Crippen molar-refractivity contribution in [3.63, 3.8) is 0 Å². The number of hydrogen-bond donors (Lipinski definition) is 2. The zero-order valence-electron chi connectivity index (χ0n) is 9.20. The summed E-state index contributed by atoms with van der Waals surface area (Å²) in [5.74, 6) is 0. The fraction of sp³-hybridized carbons (Fsp3) is 0.500. The average Bonchev–Trinajstić information content (AvgIpc) is 2.14. The topological polar surface area (TPSA) is 46.2 Å². The lowest BCUT2D eigenvalue weighted by Gasteiger charge is -2.15. The number of aliphatic hydroxyl groups excluding tert-OH is 1. The van der Waals surface area contributed by atoms with E-state index in [1.54, 1.807) is 26.0 Å². The van der Waals surface area contributed by atoms with Gasteiger partial charge < -0.3 is 10.8 Å². The SMILES string of the molecule is CC(C)(F)Cc1cccc(C(O)CN)c1. The number of halogens is 1. The number of benzene rings is 1. The average molecular weight is 211 g/mol. The molecular formula is C12H18FNO. The fourth-order valence-corrected chi connectivity index (χ4v) is 1.53. The van der Waals surface area contributed by atoms with E-state index in [4.69, 9.17) is 5.73 Å². The van der Waals surface area contributed by atoms with Crippen molar-refractivity contribution in [1.29, 1.82) is 0 Å². The van der Waals surface area contributed by atoms with Crippen LogP contribution in [0.25, 0.3) is 0 Å². The fourth-order valence-electron chi connectivity index (χ4n) is 1.53. The van der Waals surface area contributed by atoms with Gasteiger partial charge in [0.1, 0.15) is 5.67 Å². The molecule has 0 bridgehead atoms. The highest BCUT2D eigenvalue weighted by Crippen LogP contribution is 2.19. The van der Waals surface area contributed by atoms with Crippen molar-refractivity contribution < 1.29 is 9.50 Å². The Morgan fingerprint density at radius 1 is 1.47 bits per heavy atom. The number of nitrogens with two attached hydrogens (primary N) is 1. The standard InChI is InChI=1S/C12H18FNO/c1-12(2,13)7-9-4-3-5-10(6-9)11(15)8-14/h3-6,11,15H,7-8,14H2,1-2H3. The molecule has 0 aromatic heterocycles. The summed E-state index contributed by atoms with van der Waals surface area (Å²) in [4.78, 5) is 0. The van der Waals surface area contributed by atoms with Gasteiger partial charge >= 0.3 is 0 Å². The zero-order valence-corrected chi connectivity index (χ0v) is 9.20. The molecule has 2 nitrogen and oxygen atoms in total. The van der Waals surface area contributed by atoms with E-state index in [-0.39, 0.29) is 6.54 Å². The summed E-state index contributed by atoms with van der Waals surface area (Å²) in [7, 11) is 0. The lowest BCUT2D eigenvalue weighted by atomic mass is 9.97. The highest BCUT2D eigenvalue weighted by molar-refractivity contribution is 5.26. The molecule has 0 aliphatic rings. The van der Waals surface area contributed by atoms with Crippen LogP contribution in [-0.2, 0) is 6.42 Å². The molecule has 3 heteroatoms. The smallest absolute Gasteiger partial charge is 0.109 e. The predicted molar refractivity (Wildman–Crippen MR) is 59.3 cm³/mol. The van der Waals surface area contributed by atoms with Gasteiger partial charge in [-0.25, -0.2) is 4.39 Å². The van der Waals surface area contributed by atoms with Gasteiger partial charge in [0.05, 0.1) is 6.10 Å². The number of rotatable bonds is 4. The van der Waals surface area contributed by atoms with Gasteiger partial charge in [-0.15, -0.1) is 0 Å². The Morgan fingerprint density at radius 2 is 2.13 bits per heavy atom. The van der Waals surface area contributed by atoms with Crippen molar-refractivity contribution in [2.24, 2.45) is 5.73 Å². The quantitative estimate of drug-likeness (QED) is 0.799. The van der Waals surface area contributed by atoms with E-state index >= 15 is 0 Å². The Labute approximate surface area is 89.9 Å². The van der Waals surface area contributed by atoms with Crippen molar-refractivity contribution in [3.8, 4) is 0 Å². The Balaban J connectivity index is 2.83. The molecule has 15 heavy (non-hydrogen) atoms. The molecule has 1 aromatic rings. The van der Waals surface area contributed by atoms with Gasteiger partial charge in [-0.3, -0.25) is 0 Å². The Kier molecular flexibility index (Phi) is 3.83. The summed E-state index contributed by atoms with van der Waals surface area (Å²) >= 11 is 0. The maximum absolute atomic E-state index is 13.4. The van der Waals surface area contributed by atoms with Crippen LogP contribution < -0.4 is 5.73 Å². The first kappa shape index (κ1) is 12.1. The van der Waals surface area contributed by atoms with Crippen molar-refractivity contribution in [2.75, 3.05) is 6.54 Å². The lowest BCUT2D eigenvalue weighted by Crippen LogP contribution is -2.16. The molecule has 0 saturated carbocycles. The Bertz CT molecular complexity index is 320. The van der Waals surface area contributed by atoms with Crippen LogP contribution in [-0.4, -0.2) is 17.3 Å². The molecule has 0 radical (unpaired) electrons. The summed E-state index contributed by atoms with van der Waals surface area (Å²) in [5.41, 5.74) is 5.76. The van der Waals surface area contributed by atoms with Gasteiger partial charge in [0.15, 0.2) is 0 Å². The highest BCUT2D eigenvalue weighted by atomic mass is 19.1. The van der Waals surface area contributed by atoms with Gasteiger partial charge in [0.2, 0.25) is 0 Å². The van der Waals surface area contributed by atoms with Crippen LogP contribution in [0, 0.1) is 0 Å². The number of alkyl halides is 1. The number of aliphatic hydroxyl groups is 1. The van der Waals surface area contributed by atoms with Crippen LogP contribution in [0.4, 0.5) is 4.39 Å². The molecule has 1 atom stereocenters. The molecule has 0 heterocycles. The second-order valence-corrected chi connectivity index (χ2v) is 4.39. The summed E-state index contributed by atoms with van der Waals surface area (Å²) in [6, 6.07) is 7.27. The molecule has 0 amide bonds. The minimum Gasteiger partial charge on any atom is -0.387 e. The van der Waals surface area contributed by atoms with E-state index < -0.39 is 11.8 Å². The van der Waals surface area contributed by atoms with Gasteiger partial charge in [-0.1, -0.05) is 24.3 Å². The van der Waals surface area contributed by atoms with Crippen LogP contribution in [0.2, 0.25) is 0 Å². The van der Waals surface area contributed by atoms with Crippen molar-refractivity contribution in [2.45, 2.75) is 32.0 Å². The molecule has 84 valence electrons. The first-order valence-electron chi connectivity index (χ1n) is 5.08. The molecule has 1 aromatic carbocycles. The van der Waals surface area contributed by atoms with E-state index in [2.05, 4.69) is 0 Å². The van der Waals surface area contributed by atoms with Crippen molar-refractivity contribution >= 4 is 0 Å². The van der Waals surface area contributed by atoms with Gasteiger partial charge in [-0.2, -0.15) is 0 Å². The molecular weight excluding hydrogens is 193 g/mol. The van der Waals surface area contributed by atoms with Gasteiger partial charge in [0.25, 0.3) is 0 Å². The number of hydrogen-bond acceptors (Lipinski definition) is 2. The first-order chi connectivity index (χ1) is 6.92. The summed E-state index contributed by atoms with van der Waals surface area (Å²) in [6.45, 7) is 3.26. The second kappa shape index (κ2) is 4.73. The first-order valence-corrected chi connectivity index (χ1v) is 5.08. The minimum atomic E-state index is -1.23.